The number of carbonyl (C=O) groups is 3. The highest BCUT2D eigenvalue weighted by Crippen LogP contribution is 2.27. The molecule has 5 nitrogen and oxygen atoms in total. The van der Waals surface area contributed by atoms with E-state index in [4.69, 9.17) is 11.6 Å². The van der Waals surface area contributed by atoms with Gasteiger partial charge in [-0.1, -0.05) is 23.7 Å². The van der Waals surface area contributed by atoms with Crippen LogP contribution in [0, 0.1) is 0 Å². The van der Waals surface area contributed by atoms with E-state index < -0.39 is 23.8 Å². The fraction of sp³-hybridized carbons (Fsp3) is 0.211. The van der Waals surface area contributed by atoms with Gasteiger partial charge in [0.15, 0.2) is 0 Å². The monoisotopic (exact) mass is 388 g/mol. The van der Waals surface area contributed by atoms with Gasteiger partial charge in [0.2, 0.25) is 5.91 Å². The number of imide groups is 1. The Morgan fingerprint density at radius 2 is 1.65 bits per heavy atom. The second-order valence-corrected chi connectivity index (χ2v) is 7.24. The van der Waals surface area contributed by atoms with Crippen LogP contribution in [0.4, 0.5) is 5.69 Å². The SMILES string of the molecule is CSCCC(C(=O)Nc1ccc(Cl)cc1)N1C(=O)c2ccccc2C1=O. The Morgan fingerprint density at radius 3 is 2.19 bits per heavy atom. The van der Waals surface area contributed by atoms with Crippen molar-refractivity contribution in [2.45, 2.75) is 12.5 Å². The number of hydrogen-bond donors (Lipinski definition) is 1. The summed E-state index contributed by atoms with van der Waals surface area (Å²) < 4.78 is 0. The molecule has 3 amide bonds. The van der Waals surface area contributed by atoms with Crippen LogP contribution in [0.2, 0.25) is 5.02 Å². The predicted octanol–water partition coefficient (Wildman–Crippen LogP) is 3.70. The molecule has 1 aliphatic rings. The Hall–Kier alpha value is -2.31. The zero-order chi connectivity index (χ0) is 18.7. The number of fused-ring (bicyclic) bond motifs is 1. The lowest BCUT2D eigenvalue weighted by Crippen LogP contribution is -2.47. The number of nitrogens with one attached hydrogen (secondary N) is 1. The first-order chi connectivity index (χ1) is 12.5. The molecule has 0 saturated carbocycles. The van der Waals surface area contributed by atoms with Gasteiger partial charge in [0.05, 0.1) is 11.1 Å². The molecule has 0 spiro atoms. The van der Waals surface area contributed by atoms with Crippen LogP contribution in [-0.4, -0.2) is 40.7 Å². The van der Waals surface area contributed by atoms with Gasteiger partial charge >= 0.3 is 0 Å². The van der Waals surface area contributed by atoms with Gasteiger partial charge in [-0.15, -0.1) is 0 Å². The molecule has 0 fully saturated rings. The van der Waals surface area contributed by atoms with Gasteiger partial charge in [-0.2, -0.15) is 11.8 Å². The highest BCUT2D eigenvalue weighted by molar-refractivity contribution is 7.98. The number of rotatable bonds is 6. The maximum absolute atomic E-state index is 12.8. The third-order valence-electron chi connectivity index (χ3n) is 4.15. The minimum Gasteiger partial charge on any atom is -0.324 e. The summed E-state index contributed by atoms with van der Waals surface area (Å²) in [6.07, 6.45) is 2.29. The van der Waals surface area contributed by atoms with Crippen LogP contribution in [-0.2, 0) is 4.79 Å². The molecule has 1 unspecified atom stereocenters. The van der Waals surface area contributed by atoms with Crippen molar-refractivity contribution in [2.24, 2.45) is 0 Å². The van der Waals surface area contributed by atoms with Gasteiger partial charge in [0.1, 0.15) is 6.04 Å². The van der Waals surface area contributed by atoms with E-state index in [0.717, 1.165) is 4.90 Å². The molecular weight excluding hydrogens is 372 g/mol. The minimum absolute atomic E-state index is 0.339. The standard InChI is InChI=1S/C19H17ClN2O3S/c1-26-11-10-16(17(23)21-13-8-6-12(20)7-9-13)22-18(24)14-4-2-3-5-15(14)19(22)25/h2-9,16H,10-11H2,1H3,(H,21,23). The Balaban J connectivity index is 1.86. The van der Waals surface area contributed by atoms with Gasteiger partial charge in [0, 0.05) is 10.7 Å². The van der Waals surface area contributed by atoms with Crippen molar-refractivity contribution in [3.05, 3.63) is 64.7 Å². The maximum Gasteiger partial charge on any atom is 0.262 e. The molecule has 0 radical (unpaired) electrons. The number of carbonyl (C=O) groups excluding carboxylic acids is 3. The second kappa shape index (κ2) is 7.93. The maximum atomic E-state index is 12.8. The Kier molecular flexibility index (Phi) is 5.64. The zero-order valence-corrected chi connectivity index (χ0v) is 15.6. The smallest absolute Gasteiger partial charge is 0.262 e. The van der Waals surface area contributed by atoms with Crippen LogP contribution < -0.4 is 5.32 Å². The van der Waals surface area contributed by atoms with Crippen LogP contribution in [0.3, 0.4) is 0 Å². The van der Waals surface area contributed by atoms with Crippen LogP contribution in [0.25, 0.3) is 0 Å². The first-order valence-corrected chi connectivity index (χ1v) is 9.82. The summed E-state index contributed by atoms with van der Waals surface area (Å²) in [5.41, 5.74) is 1.24. The lowest BCUT2D eigenvalue weighted by atomic mass is 10.1. The molecule has 0 bridgehead atoms. The molecule has 2 aromatic carbocycles. The van der Waals surface area contributed by atoms with Crippen molar-refractivity contribution >= 4 is 46.8 Å². The Labute approximate surface area is 160 Å². The number of amides is 3. The van der Waals surface area contributed by atoms with Gasteiger partial charge in [-0.25, -0.2) is 0 Å². The lowest BCUT2D eigenvalue weighted by molar-refractivity contribution is -0.120. The topological polar surface area (TPSA) is 66.5 Å². The summed E-state index contributed by atoms with van der Waals surface area (Å²) in [5, 5.41) is 3.33. The average Bonchev–Trinajstić information content (AvgIpc) is 2.89. The number of thioether (sulfide) groups is 1. The number of anilines is 1. The average molecular weight is 389 g/mol. The van der Waals surface area contributed by atoms with Crippen molar-refractivity contribution in [2.75, 3.05) is 17.3 Å². The lowest BCUT2D eigenvalue weighted by Gasteiger charge is -2.25. The third-order valence-corrected chi connectivity index (χ3v) is 5.04. The van der Waals surface area contributed by atoms with Crippen molar-refractivity contribution in [1.29, 1.82) is 0 Å². The molecule has 3 rings (SSSR count). The molecule has 1 heterocycles. The molecule has 134 valence electrons. The van der Waals surface area contributed by atoms with E-state index in [2.05, 4.69) is 5.32 Å². The Morgan fingerprint density at radius 1 is 1.08 bits per heavy atom. The fourth-order valence-electron chi connectivity index (χ4n) is 2.86. The molecular formula is C19H17ClN2O3S. The van der Waals surface area contributed by atoms with Crippen LogP contribution in [0.5, 0.6) is 0 Å². The summed E-state index contributed by atoms with van der Waals surface area (Å²) in [6.45, 7) is 0. The van der Waals surface area contributed by atoms with E-state index in [9.17, 15) is 14.4 Å². The first kappa shape index (κ1) is 18.5. The molecule has 7 heteroatoms. The Bertz CT molecular complexity index is 819. The molecule has 26 heavy (non-hydrogen) atoms. The van der Waals surface area contributed by atoms with Crippen LogP contribution in [0.15, 0.2) is 48.5 Å². The highest BCUT2D eigenvalue weighted by atomic mass is 35.5. The molecule has 0 aromatic heterocycles. The van der Waals surface area contributed by atoms with E-state index in [0.29, 0.717) is 34.0 Å². The van der Waals surface area contributed by atoms with Crippen molar-refractivity contribution in [3.63, 3.8) is 0 Å². The fourth-order valence-corrected chi connectivity index (χ4v) is 3.44. The summed E-state index contributed by atoms with van der Waals surface area (Å²) >= 11 is 7.41. The minimum atomic E-state index is -0.870. The van der Waals surface area contributed by atoms with E-state index in [-0.39, 0.29) is 0 Å². The van der Waals surface area contributed by atoms with E-state index in [1.54, 1.807) is 60.3 Å². The summed E-state index contributed by atoms with van der Waals surface area (Å²) in [6, 6.07) is 12.4. The number of benzene rings is 2. The molecule has 1 aliphatic heterocycles. The van der Waals surface area contributed by atoms with Crippen molar-refractivity contribution in [3.8, 4) is 0 Å². The summed E-state index contributed by atoms with van der Waals surface area (Å²) in [5.74, 6) is -0.603. The molecule has 0 saturated heterocycles. The molecule has 0 aliphatic carbocycles. The number of halogens is 1. The molecule has 1 atom stereocenters. The highest BCUT2D eigenvalue weighted by Gasteiger charge is 2.42. The van der Waals surface area contributed by atoms with Crippen LogP contribution in [0.1, 0.15) is 27.1 Å². The first-order valence-electron chi connectivity index (χ1n) is 8.05. The van der Waals surface area contributed by atoms with Gasteiger partial charge in [-0.05, 0) is 54.8 Å². The van der Waals surface area contributed by atoms with E-state index in [1.165, 1.54) is 0 Å². The quantitative estimate of drug-likeness (QED) is 0.766. The predicted molar refractivity (Wildman–Crippen MR) is 104 cm³/mol. The molecule has 1 N–H and O–H groups in total. The van der Waals surface area contributed by atoms with Crippen LogP contribution >= 0.6 is 23.4 Å². The molecule has 2 aromatic rings. The summed E-state index contributed by atoms with van der Waals surface area (Å²) in [4.78, 5) is 39.3. The van der Waals surface area contributed by atoms with Gasteiger partial charge in [0.25, 0.3) is 11.8 Å². The number of nitrogens with zero attached hydrogens (tertiary/aromatic N) is 1. The number of hydrogen-bond acceptors (Lipinski definition) is 4. The van der Waals surface area contributed by atoms with E-state index in [1.807, 2.05) is 6.26 Å². The van der Waals surface area contributed by atoms with Gasteiger partial charge < -0.3 is 5.32 Å². The summed E-state index contributed by atoms with van der Waals surface area (Å²) in [7, 11) is 0. The normalized spacial score (nSPS) is 14.3. The van der Waals surface area contributed by atoms with E-state index >= 15 is 0 Å². The largest absolute Gasteiger partial charge is 0.324 e. The second-order valence-electron chi connectivity index (χ2n) is 5.82. The van der Waals surface area contributed by atoms with Crippen molar-refractivity contribution < 1.29 is 14.4 Å². The third kappa shape index (κ3) is 3.61. The van der Waals surface area contributed by atoms with Gasteiger partial charge in [-0.3, -0.25) is 19.3 Å². The van der Waals surface area contributed by atoms with Crippen molar-refractivity contribution in [1.82, 2.24) is 4.90 Å². The zero-order valence-electron chi connectivity index (χ0n) is 14.1.